The molecule has 1 unspecified atom stereocenters. The lowest BCUT2D eigenvalue weighted by Crippen LogP contribution is -2.65. The first kappa shape index (κ1) is 29.7. The molecule has 0 fully saturated rings. The topological polar surface area (TPSA) is 53.9 Å². The van der Waals surface area contributed by atoms with Gasteiger partial charge in [0.1, 0.15) is 5.71 Å². The Morgan fingerprint density at radius 1 is 0.950 bits per heavy atom. The number of esters is 1. The van der Waals surface area contributed by atoms with Gasteiger partial charge in [-0.15, -0.1) is 0 Å². The van der Waals surface area contributed by atoms with Crippen LogP contribution in [0.2, 0.25) is 5.02 Å². The normalized spacial score (nSPS) is 18.9. The molecule has 2 aliphatic heterocycles. The number of hydrogen-bond acceptors (Lipinski definition) is 5. The first-order valence-corrected chi connectivity index (χ1v) is 12.0. The third-order valence-electron chi connectivity index (χ3n) is 6.42. The van der Waals surface area contributed by atoms with Gasteiger partial charge in [0.05, 0.1) is 16.8 Å². The Balaban J connectivity index is 1.85. The molecule has 0 radical (unpaired) electrons. The minimum Gasteiger partial charge on any atom is -0.427 e. The zero-order chi connectivity index (χ0) is 29.5. The molecule has 2 aliphatic rings. The third kappa shape index (κ3) is 5.51. The number of ether oxygens (including phenoxy) is 1. The van der Waals surface area contributed by atoms with Crippen LogP contribution in [-0.4, -0.2) is 48.9 Å². The molecule has 5 nitrogen and oxygen atoms in total. The van der Waals surface area contributed by atoms with E-state index in [1.54, 1.807) is 12.1 Å². The van der Waals surface area contributed by atoms with Crippen molar-refractivity contribution in [2.75, 3.05) is 18.1 Å². The maximum Gasteiger partial charge on any atom is 0.490 e. The fourth-order valence-corrected chi connectivity index (χ4v) is 4.73. The predicted octanol–water partition coefficient (Wildman–Crippen LogP) is 6.99. The molecule has 0 spiro atoms. The minimum absolute atomic E-state index is 0.106. The van der Waals surface area contributed by atoms with Crippen LogP contribution in [0.25, 0.3) is 5.57 Å². The van der Waals surface area contributed by atoms with Crippen LogP contribution in [0.5, 0.6) is 0 Å². The monoisotopic (exact) mass is 599 g/mol. The average molecular weight is 600 g/mol. The van der Waals surface area contributed by atoms with E-state index in [4.69, 9.17) is 11.6 Å². The Hall–Kier alpha value is -3.26. The van der Waals surface area contributed by atoms with Gasteiger partial charge in [0.15, 0.2) is 0 Å². The van der Waals surface area contributed by atoms with Crippen molar-refractivity contribution in [2.24, 2.45) is 5.10 Å². The minimum atomic E-state index is -6.56. The smallest absolute Gasteiger partial charge is 0.427 e. The lowest BCUT2D eigenvalue weighted by Gasteiger charge is -2.36. The molecule has 0 amide bonds. The number of alkyl halides is 9. The summed E-state index contributed by atoms with van der Waals surface area (Å²) in [6, 6.07) is 10.2. The molecule has 2 heterocycles. The van der Waals surface area contributed by atoms with Crippen molar-refractivity contribution >= 4 is 34.5 Å². The molecule has 1 atom stereocenters. The summed E-state index contributed by atoms with van der Waals surface area (Å²) in [4.78, 5) is 11.4. The number of carbonyl (C=O) groups excluding carboxylic acids is 1. The zero-order valence-electron chi connectivity index (χ0n) is 20.1. The summed E-state index contributed by atoms with van der Waals surface area (Å²) in [6.07, 6.45) is -17.8. The van der Waals surface area contributed by atoms with Crippen LogP contribution in [-0.2, 0) is 9.53 Å². The summed E-state index contributed by atoms with van der Waals surface area (Å²) in [6.45, 7) is 1.33. The van der Waals surface area contributed by atoms with E-state index in [1.807, 2.05) is 6.08 Å². The molecule has 40 heavy (non-hydrogen) atoms. The Morgan fingerprint density at radius 2 is 1.57 bits per heavy atom. The van der Waals surface area contributed by atoms with Crippen LogP contribution in [0.3, 0.4) is 0 Å². The van der Waals surface area contributed by atoms with E-state index in [1.165, 1.54) is 36.4 Å². The zero-order valence-corrected chi connectivity index (χ0v) is 20.8. The fourth-order valence-electron chi connectivity index (χ4n) is 4.51. The van der Waals surface area contributed by atoms with Gasteiger partial charge in [-0.25, -0.2) is 4.79 Å². The fraction of sp³-hybridized carbons (Fsp3) is 0.360. The number of benzene rings is 2. The predicted molar refractivity (Wildman–Crippen MR) is 128 cm³/mol. The molecule has 15 heteroatoms. The standard InChI is InChI=1S/C25H19ClF9N3O2/c26-17-3-1-2-4-18(17)38-19(16-7-5-14(6-8-16)15-9-11-36-12-10-15)13-20(37-38)22(24(30,31)32,25(33,34)35)40-21(39)23(27,28)29/h1-9,19,36H,10-13H2. The number of rotatable bonds is 5. The largest absolute Gasteiger partial charge is 0.490 e. The second kappa shape index (κ2) is 10.6. The van der Waals surface area contributed by atoms with Crippen molar-refractivity contribution in [3.63, 3.8) is 0 Å². The molecule has 1 N–H and O–H groups in total. The molecular formula is C25H19ClF9N3O2. The first-order valence-electron chi connectivity index (χ1n) is 11.6. The number of para-hydroxylation sites is 1. The van der Waals surface area contributed by atoms with Crippen molar-refractivity contribution < 1.29 is 49.0 Å². The second-order valence-electron chi connectivity index (χ2n) is 8.93. The van der Waals surface area contributed by atoms with Crippen molar-refractivity contribution in [3.8, 4) is 0 Å². The summed E-state index contributed by atoms with van der Waals surface area (Å²) < 4.78 is 127. The van der Waals surface area contributed by atoms with Crippen LogP contribution in [0.4, 0.5) is 45.2 Å². The van der Waals surface area contributed by atoms with Crippen LogP contribution in [0.1, 0.15) is 30.0 Å². The summed E-state index contributed by atoms with van der Waals surface area (Å²) in [7, 11) is 0. The number of hydrogen-bond donors (Lipinski definition) is 1. The number of halogens is 10. The van der Waals surface area contributed by atoms with Crippen molar-refractivity contribution in [3.05, 3.63) is 70.8 Å². The van der Waals surface area contributed by atoms with E-state index in [-0.39, 0.29) is 16.3 Å². The quantitative estimate of drug-likeness (QED) is 0.297. The molecule has 0 saturated heterocycles. The SMILES string of the molecule is O=C(OC(C1=NN(c2ccccc2Cl)C(c2ccc(C3=CCNCC3)cc2)C1)(C(F)(F)F)C(F)(F)F)C(F)(F)F. The lowest BCUT2D eigenvalue weighted by atomic mass is 9.88. The Morgan fingerprint density at radius 3 is 2.10 bits per heavy atom. The Labute approximate surface area is 226 Å². The Kier molecular flexibility index (Phi) is 7.89. The molecule has 0 aliphatic carbocycles. The first-order chi connectivity index (χ1) is 18.6. The third-order valence-corrected chi connectivity index (χ3v) is 6.74. The van der Waals surface area contributed by atoms with E-state index in [2.05, 4.69) is 15.2 Å². The molecule has 2 aromatic rings. The summed E-state index contributed by atoms with van der Waals surface area (Å²) in [5, 5.41) is 7.27. The van der Waals surface area contributed by atoms with E-state index in [9.17, 15) is 44.3 Å². The molecule has 2 aromatic carbocycles. The molecular weight excluding hydrogens is 581 g/mol. The van der Waals surface area contributed by atoms with Gasteiger partial charge in [-0.3, -0.25) is 5.01 Å². The molecule has 216 valence electrons. The van der Waals surface area contributed by atoms with Gasteiger partial charge < -0.3 is 10.1 Å². The number of hydrazone groups is 1. The van der Waals surface area contributed by atoms with Gasteiger partial charge in [0.2, 0.25) is 0 Å². The molecule has 4 rings (SSSR count). The van der Waals surface area contributed by atoms with Crippen molar-refractivity contribution in [1.29, 1.82) is 0 Å². The highest BCUT2D eigenvalue weighted by Gasteiger charge is 2.79. The van der Waals surface area contributed by atoms with Gasteiger partial charge in [0, 0.05) is 13.0 Å². The summed E-state index contributed by atoms with van der Waals surface area (Å²) >= 11 is 6.17. The number of nitrogens with one attached hydrogen (secondary N) is 1. The van der Waals surface area contributed by atoms with E-state index in [0.29, 0.717) is 19.5 Å². The number of anilines is 1. The molecule has 0 aromatic heterocycles. The van der Waals surface area contributed by atoms with Crippen LogP contribution >= 0.6 is 11.6 Å². The second-order valence-corrected chi connectivity index (χ2v) is 9.34. The lowest BCUT2D eigenvalue weighted by molar-refractivity contribution is -0.348. The van der Waals surface area contributed by atoms with E-state index >= 15 is 0 Å². The number of carbonyl (C=O) groups is 1. The van der Waals surface area contributed by atoms with Gasteiger partial charge in [0.25, 0.3) is 0 Å². The highest BCUT2D eigenvalue weighted by atomic mass is 35.5. The van der Waals surface area contributed by atoms with E-state index in [0.717, 1.165) is 16.1 Å². The maximum atomic E-state index is 14.2. The van der Waals surface area contributed by atoms with Crippen LogP contribution < -0.4 is 10.3 Å². The maximum absolute atomic E-state index is 14.2. The van der Waals surface area contributed by atoms with Gasteiger partial charge >= 0.3 is 30.1 Å². The Bertz CT molecular complexity index is 1300. The van der Waals surface area contributed by atoms with Crippen molar-refractivity contribution in [2.45, 2.75) is 43.0 Å². The van der Waals surface area contributed by atoms with Crippen LogP contribution in [0.15, 0.2) is 59.7 Å². The van der Waals surface area contributed by atoms with Gasteiger partial charge in [-0.1, -0.05) is 54.1 Å². The average Bonchev–Trinajstić information content (AvgIpc) is 3.31. The highest BCUT2D eigenvalue weighted by Crippen LogP contribution is 2.52. The number of nitrogens with zero attached hydrogens (tertiary/aromatic N) is 2. The highest BCUT2D eigenvalue weighted by molar-refractivity contribution is 6.33. The van der Waals surface area contributed by atoms with Crippen molar-refractivity contribution in [1.82, 2.24) is 5.32 Å². The molecule has 0 bridgehead atoms. The van der Waals surface area contributed by atoms with E-state index < -0.39 is 48.3 Å². The summed E-state index contributed by atoms with van der Waals surface area (Å²) in [5.41, 5.74) is -5.75. The summed E-state index contributed by atoms with van der Waals surface area (Å²) in [5.74, 6) is -3.67. The van der Waals surface area contributed by atoms with Crippen LogP contribution in [0, 0.1) is 0 Å². The van der Waals surface area contributed by atoms with Gasteiger partial charge in [-0.05, 0) is 41.8 Å². The molecule has 0 saturated carbocycles. The van der Waals surface area contributed by atoms with Gasteiger partial charge in [-0.2, -0.15) is 44.6 Å².